The summed E-state index contributed by atoms with van der Waals surface area (Å²) in [7, 11) is 3.19. The quantitative estimate of drug-likeness (QED) is 0.581. The van der Waals surface area contributed by atoms with E-state index >= 15 is 0 Å². The summed E-state index contributed by atoms with van der Waals surface area (Å²) in [6.07, 6.45) is 0. The second-order valence-corrected chi connectivity index (χ2v) is 4.22. The first kappa shape index (κ1) is 16.1. The number of nitrogens with one attached hydrogen (secondary N) is 3. The molecule has 0 saturated carbocycles. The number of carbonyl (C=O) groups excluding carboxylic acids is 2. The van der Waals surface area contributed by atoms with Gasteiger partial charge in [-0.2, -0.15) is 0 Å². The van der Waals surface area contributed by atoms with Crippen molar-refractivity contribution in [1.82, 2.24) is 16.0 Å². The summed E-state index contributed by atoms with van der Waals surface area (Å²) in [5.74, 6) is -0.175. The number of carbonyl (C=O) groups is 2. The summed E-state index contributed by atoms with van der Waals surface area (Å²) in [6, 6.07) is 7.24. The van der Waals surface area contributed by atoms with E-state index in [1.54, 1.807) is 26.3 Å². The molecule has 0 atom stereocenters. The lowest BCUT2D eigenvalue weighted by Gasteiger charge is -2.07. The predicted octanol–water partition coefficient (Wildman–Crippen LogP) is -0.102. The van der Waals surface area contributed by atoms with Crippen molar-refractivity contribution in [1.29, 1.82) is 0 Å². The van der Waals surface area contributed by atoms with Crippen LogP contribution in [-0.2, 0) is 16.1 Å². The fourth-order valence-corrected chi connectivity index (χ4v) is 1.59. The van der Waals surface area contributed by atoms with Gasteiger partial charge < -0.3 is 20.7 Å². The van der Waals surface area contributed by atoms with E-state index in [0.717, 1.165) is 5.56 Å². The van der Waals surface area contributed by atoms with Crippen molar-refractivity contribution >= 4 is 11.8 Å². The highest BCUT2D eigenvalue weighted by Crippen LogP contribution is 2.03. The normalized spacial score (nSPS) is 10.1. The Kier molecular flexibility index (Phi) is 7.31. The number of amides is 2. The molecule has 0 aliphatic carbocycles. The Hall–Kier alpha value is -1.92. The molecule has 1 rings (SSSR count). The lowest BCUT2D eigenvalue weighted by atomic mass is 10.1. The van der Waals surface area contributed by atoms with Gasteiger partial charge in [-0.05, 0) is 17.7 Å². The van der Waals surface area contributed by atoms with Crippen molar-refractivity contribution < 1.29 is 14.3 Å². The van der Waals surface area contributed by atoms with E-state index in [0.29, 0.717) is 25.3 Å². The second-order valence-electron chi connectivity index (χ2n) is 4.22. The monoisotopic (exact) mass is 279 g/mol. The SMILES string of the molecule is CNC(=O)c1ccc(CNCC(=O)NCCOC)cc1. The maximum absolute atomic E-state index is 11.4. The summed E-state index contributed by atoms with van der Waals surface area (Å²) >= 11 is 0. The van der Waals surface area contributed by atoms with Crippen LogP contribution in [0.15, 0.2) is 24.3 Å². The Morgan fingerprint density at radius 1 is 1.20 bits per heavy atom. The maximum atomic E-state index is 11.4. The maximum Gasteiger partial charge on any atom is 0.251 e. The molecule has 0 spiro atoms. The number of rotatable bonds is 8. The van der Waals surface area contributed by atoms with E-state index in [1.807, 2.05) is 12.1 Å². The molecule has 3 N–H and O–H groups in total. The summed E-state index contributed by atoms with van der Waals surface area (Å²) in [5, 5.41) is 8.33. The van der Waals surface area contributed by atoms with Gasteiger partial charge >= 0.3 is 0 Å². The zero-order chi connectivity index (χ0) is 14.8. The third-order valence-corrected chi connectivity index (χ3v) is 2.69. The summed E-state index contributed by atoms with van der Waals surface area (Å²) in [6.45, 7) is 1.84. The van der Waals surface area contributed by atoms with Crippen LogP contribution < -0.4 is 16.0 Å². The van der Waals surface area contributed by atoms with Crippen LogP contribution in [0.1, 0.15) is 15.9 Å². The lowest BCUT2D eigenvalue weighted by Crippen LogP contribution is -2.35. The highest BCUT2D eigenvalue weighted by Gasteiger charge is 2.03. The number of ether oxygens (including phenoxy) is 1. The van der Waals surface area contributed by atoms with E-state index in [1.165, 1.54) is 0 Å². The first-order valence-electron chi connectivity index (χ1n) is 6.44. The van der Waals surface area contributed by atoms with Crippen molar-refractivity contribution in [3.05, 3.63) is 35.4 Å². The summed E-state index contributed by atoms with van der Waals surface area (Å²) in [5.41, 5.74) is 1.64. The molecule has 1 aromatic carbocycles. The molecule has 110 valence electrons. The first-order chi connectivity index (χ1) is 9.67. The number of benzene rings is 1. The zero-order valence-corrected chi connectivity index (χ0v) is 11.9. The molecule has 0 aliphatic rings. The second kappa shape index (κ2) is 9.06. The molecule has 0 saturated heterocycles. The smallest absolute Gasteiger partial charge is 0.251 e. The molecule has 0 unspecified atom stereocenters. The fourth-order valence-electron chi connectivity index (χ4n) is 1.59. The Morgan fingerprint density at radius 3 is 2.50 bits per heavy atom. The van der Waals surface area contributed by atoms with Crippen molar-refractivity contribution in [2.75, 3.05) is 33.9 Å². The third kappa shape index (κ3) is 5.81. The van der Waals surface area contributed by atoms with Gasteiger partial charge in [0, 0.05) is 32.8 Å². The van der Waals surface area contributed by atoms with Crippen LogP contribution >= 0.6 is 0 Å². The topological polar surface area (TPSA) is 79.5 Å². The fraction of sp³-hybridized carbons (Fsp3) is 0.429. The molecule has 0 aromatic heterocycles. The van der Waals surface area contributed by atoms with Crippen molar-refractivity contribution in [3.8, 4) is 0 Å². The molecule has 0 aliphatic heterocycles. The first-order valence-corrected chi connectivity index (χ1v) is 6.44. The molecule has 2 amide bonds. The molecule has 0 fully saturated rings. The predicted molar refractivity (Wildman–Crippen MR) is 76.4 cm³/mol. The third-order valence-electron chi connectivity index (χ3n) is 2.69. The summed E-state index contributed by atoms with van der Waals surface area (Å²) in [4.78, 5) is 22.8. The van der Waals surface area contributed by atoms with Crippen molar-refractivity contribution in [2.45, 2.75) is 6.54 Å². The Morgan fingerprint density at radius 2 is 1.90 bits per heavy atom. The van der Waals surface area contributed by atoms with Crippen LogP contribution in [0.3, 0.4) is 0 Å². The molecular formula is C14H21N3O3. The largest absolute Gasteiger partial charge is 0.383 e. The van der Waals surface area contributed by atoms with Gasteiger partial charge in [0.25, 0.3) is 5.91 Å². The standard InChI is InChI=1S/C14H21N3O3/c1-15-14(19)12-5-3-11(4-6-12)9-16-10-13(18)17-7-8-20-2/h3-6,16H,7-10H2,1-2H3,(H,15,19)(H,17,18). The Balaban J connectivity index is 2.28. The van der Waals surface area contributed by atoms with Gasteiger partial charge in [-0.1, -0.05) is 12.1 Å². The average Bonchev–Trinajstić information content (AvgIpc) is 2.47. The molecular weight excluding hydrogens is 258 g/mol. The number of hydrogen-bond acceptors (Lipinski definition) is 4. The van der Waals surface area contributed by atoms with Gasteiger partial charge in [0.2, 0.25) is 5.91 Å². The Bertz CT molecular complexity index is 432. The lowest BCUT2D eigenvalue weighted by molar-refractivity contribution is -0.120. The van der Waals surface area contributed by atoms with Gasteiger partial charge in [-0.15, -0.1) is 0 Å². The highest BCUT2D eigenvalue weighted by molar-refractivity contribution is 5.93. The van der Waals surface area contributed by atoms with Gasteiger partial charge in [0.05, 0.1) is 13.2 Å². The minimum absolute atomic E-state index is 0.0657. The average molecular weight is 279 g/mol. The van der Waals surface area contributed by atoms with Crippen LogP contribution in [-0.4, -0.2) is 45.7 Å². The van der Waals surface area contributed by atoms with Crippen LogP contribution in [0.25, 0.3) is 0 Å². The van der Waals surface area contributed by atoms with Crippen LogP contribution in [0, 0.1) is 0 Å². The van der Waals surface area contributed by atoms with Crippen LogP contribution in [0.4, 0.5) is 0 Å². The molecule has 6 nitrogen and oxygen atoms in total. The minimum Gasteiger partial charge on any atom is -0.383 e. The van der Waals surface area contributed by atoms with E-state index in [-0.39, 0.29) is 18.4 Å². The Labute approximate surface area is 118 Å². The van der Waals surface area contributed by atoms with Crippen molar-refractivity contribution in [3.63, 3.8) is 0 Å². The van der Waals surface area contributed by atoms with Gasteiger partial charge in [0.15, 0.2) is 0 Å². The van der Waals surface area contributed by atoms with E-state index in [4.69, 9.17) is 4.74 Å². The molecule has 6 heteroatoms. The van der Waals surface area contributed by atoms with Gasteiger partial charge in [-0.3, -0.25) is 9.59 Å². The van der Waals surface area contributed by atoms with Gasteiger partial charge in [0.1, 0.15) is 0 Å². The van der Waals surface area contributed by atoms with Crippen molar-refractivity contribution in [2.24, 2.45) is 0 Å². The van der Waals surface area contributed by atoms with Gasteiger partial charge in [-0.25, -0.2) is 0 Å². The summed E-state index contributed by atoms with van der Waals surface area (Å²) < 4.78 is 4.84. The van der Waals surface area contributed by atoms with E-state index in [2.05, 4.69) is 16.0 Å². The molecule has 0 radical (unpaired) electrons. The van der Waals surface area contributed by atoms with E-state index < -0.39 is 0 Å². The van der Waals surface area contributed by atoms with Crippen LogP contribution in [0.5, 0.6) is 0 Å². The van der Waals surface area contributed by atoms with E-state index in [9.17, 15) is 9.59 Å². The molecule has 1 aromatic rings. The minimum atomic E-state index is -0.109. The molecule has 20 heavy (non-hydrogen) atoms. The number of hydrogen-bond donors (Lipinski definition) is 3. The van der Waals surface area contributed by atoms with Crippen LogP contribution in [0.2, 0.25) is 0 Å². The molecule has 0 bridgehead atoms. The molecule has 0 heterocycles. The zero-order valence-electron chi connectivity index (χ0n) is 11.9. The number of methoxy groups -OCH3 is 1. The highest BCUT2D eigenvalue weighted by atomic mass is 16.5.